The number of nitro groups is 1. The van der Waals surface area contributed by atoms with E-state index in [1.807, 2.05) is 12.1 Å². The quantitative estimate of drug-likeness (QED) is 0.143. The predicted molar refractivity (Wildman–Crippen MR) is 116 cm³/mol. The number of nitrogens with one attached hydrogen (secondary N) is 1. The molecule has 1 unspecified atom stereocenters. The monoisotopic (exact) mass is 475 g/mol. The highest BCUT2D eigenvalue weighted by molar-refractivity contribution is 14.0. The number of benzene rings is 1. The van der Waals surface area contributed by atoms with E-state index < -0.39 is 0 Å². The van der Waals surface area contributed by atoms with E-state index in [0.717, 1.165) is 44.5 Å². The molecular formula is C18H30IN5O2. The van der Waals surface area contributed by atoms with Gasteiger partial charge in [-0.05, 0) is 50.8 Å². The van der Waals surface area contributed by atoms with Crippen molar-refractivity contribution in [2.75, 3.05) is 26.2 Å². The zero-order valence-corrected chi connectivity index (χ0v) is 17.7. The van der Waals surface area contributed by atoms with Crippen molar-refractivity contribution in [1.82, 2.24) is 10.2 Å². The van der Waals surface area contributed by atoms with Crippen molar-refractivity contribution in [3.05, 3.63) is 39.9 Å². The number of nitrogens with zero attached hydrogens (tertiary/aromatic N) is 3. The summed E-state index contributed by atoms with van der Waals surface area (Å²) in [7, 11) is 0. The number of nitro benzene ring substituents is 1. The van der Waals surface area contributed by atoms with Gasteiger partial charge in [0.1, 0.15) is 0 Å². The number of unbranched alkanes of at least 4 members (excludes halogenated alkanes) is 1. The van der Waals surface area contributed by atoms with Gasteiger partial charge in [0.25, 0.3) is 5.69 Å². The number of hydrogen-bond donors (Lipinski definition) is 2. The van der Waals surface area contributed by atoms with Gasteiger partial charge in [0.15, 0.2) is 5.96 Å². The van der Waals surface area contributed by atoms with E-state index in [1.54, 1.807) is 12.1 Å². The third kappa shape index (κ3) is 7.45. The van der Waals surface area contributed by atoms with Crippen molar-refractivity contribution in [3.8, 4) is 0 Å². The summed E-state index contributed by atoms with van der Waals surface area (Å²) in [6, 6.07) is 7.29. The fraction of sp³-hybridized carbons (Fsp3) is 0.611. The molecule has 1 saturated heterocycles. The highest BCUT2D eigenvalue weighted by Gasteiger charge is 2.22. The number of aliphatic imine (C=N–C) groups is 1. The molecule has 0 radical (unpaired) electrons. The topological polar surface area (TPSA) is 96.8 Å². The fourth-order valence-corrected chi connectivity index (χ4v) is 3.23. The Morgan fingerprint density at radius 3 is 2.77 bits per heavy atom. The Kier molecular flexibility index (Phi) is 10.5. The Balaban J connectivity index is 0.00000338. The fourth-order valence-electron chi connectivity index (χ4n) is 3.23. The number of hydrogen-bond acceptors (Lipinski definition) is 4. The third-order valence-electron chi connectivity index (χ3n) is 4.72. The van der Waals surface area contributed by atoms with Crippen LogP contribution in [0.3, 0.4) is 0 Å². The van der Waals surface area contributed by atoms with E-state index in [0.29, 0.717) is 12.0 Å². The second-order valence-corrected chi connectivity index (χ2v) is 6.46. The van der Waals surface area contributed by atoms with Gasteiger partial charge >= 0.3 is 0 Å². The van der Waals surface area contributed by atoms with Crippen LogP contribution in [0.4, 0.5) is 5.69 Å². The van der Waals surface area contributed by atoms with Gasteiger partial charge < -0.3 is 11.1 Å². The molecule has 0 spiro atoms. The molecule has 0 aromatic heterocycles. The molecule has 146 valence electrons. The molecule has 1 aromatic rings. The maximum Gasteiger partial charge on any atom is 0.269 e. The number of likely N-dealkylation sites (tertiary alicyclic amines) is 1. The van der Waals surface area contributed by atoms with Gasteiger partial charge in [-0.3, -0.25) is 20.0 Å². The average molecular weight is 475 g/mol. The van der Waals surface area contributed by atoms with Crippen molar-refractivity contribution in [1.29, 1.82) is 0 Å². The Hall–Kier alpha value is -1.42. The average Bonchev–Trinajstić information content (AvgIpc) is 3.07. The SMILES string of the molecule is CCN1CCCC1CN=C(N)NCCCCc1ccc([N+](=O)[O-])cc1.I. The standard InChI is InChI=1S/C18H29N5O2.HI/c1-2-22-13-5-7-17(22)14-21-18(19)20-12-4-3-6-15-8-10-16(11-9-15)23(24)25;/h8-11,17H,2-7,12-14H2,1H3,(H3,19,20,21);1H. The minimum absolute atomic E-state index is 0. The molecule has 0 amide bonds. The molecule has 1 aromatic carbocycles. The first-order chi connectivity index (χ1) is 12.1. The van der Waals surface area contributed by atoms with E-state index in [4.69, 9.17) is 5.73 Å². The summed E-state index contributed by atoms with van der Waals surface area (Å²) in [5.41, 5.74) is 7.19. The lowest BCUT2D eigenvalue weighted by Crippen LogP contribution is -2.36. The van der Waals surface area contributed by atoms with Gasteiger partial charge in [-0.15, -0.1) is 24.0 Å². The first-order valence-electron chi connectivity index (χ1n) is 9.11. The van der Waals surface area contributed by atoms with Crippen molar-refractivity contribution in [3.63, 3.8) is 0 Å². The number of aryl methyl sites for hydroxylation is 1. The summed E-state index contributed by atoms with van der Waals surface area (Å²) in [5, 5.41) is 13.8. The Morgan fingerprint density at radius 2 is 2.12 bits per heavy atom. The van der Waals surface area contributed by atoms with Crippen LogP contribution >= 0.6 is 24.0 Å². The first-order valence-corrected chi connectivity index (χ1v) is 9.11. The van der Waals surface area contributed by atoms with Crippen LogP contribution in [0.25, 0.3) is 0 Å². The van der Waals surface area contributed by atoms with Crippen LogP contribution < -0.4 is 11.1 Å². The third-order valence-corrected chi connectivity index (χ3v) is 4.72. The summed E-state index contributed by atoms with van der Waals surface area (Å²) >= 11 is 0. The highest BCUT2D eigenvalue weighted by Crippen LogP contribution is 2.16. The van der Waals surface area contributed by atoms with E-state index in [-0.39, 0.29) is 34.6 Å². The van der Waals surface area contributed by atoms with Crippen molar-refractivity contribution in [2.45, 2.75) is 45.1 Å². The van der Waals surface area contributed by atoms with Crippen LogP contribution in [0.1, 0.15) is 38.2 Å². The molecule has 0 saturated carbocycles. The van der Waals surface area contributed by atoms with Crippen LogP contribution in [0.5, 0.6) is 0 Å². The smallest absolute Gasteiger partial charge is 0.269 e. The Morgan fingerprint density at radius 1 is 1.38 bits per heavy atom. The van der Waals surface area contributed by atoms with E-state index in [1.165, 1.54) is 19.4 Å². The molecule has 1 atom stereocenters. The van der Waals surface area contributed by atoms with Crippen molar-refractivity contribution < 1.29 is 4.92 Å². The lowest BCUT2D eigenvalue weighted by atomic mass is 10.1. The molecule has 1 fully saturated rings. The molecule has 2 rings (SSSR count). The number of rotatable bonds is 9. The molecule has 0 aliphatic carbocycles. The zero-order chi connectivity index (χ0) is 18.1. The number of halogens is 1. The van der Waals surface area contributed by atoms with E-state index in [9.17, 15) is 10.1 Å². The van der Waals surface area contributed by atoms with Gasteiger partial charge in [0.05, 0.1) is 11.5 Å². The van der Waals surface area contributed by atoms with Gasteiger partial charge in [-0.2, -0.15) is 0 Å². The maximum atomic E-state index is 10.6. The molecular weight excluding hydrogens is 445 g/mol. The molecule has 26 heavy (non-hydrogen) atoms. The molecule has 8 heteroatoms. The largest absolute Gasteiger partial charge is 0.370 e. The van der Waals surface area contributed by atoms with E-state index in [2.05, 4.69) is 22.1 Å². The lowest BCUT2D eigenvalue weighted by Gasteiger charge is -2.20. The number of nitrogens with two attached hydrogens (primary N) is 1. The molecule has 7 nitrogen and oxygen atoms in total. The number of non-ortho nitro benzene ring substituents is 1. The van der Waals surface area contributed by atoms with Crippen LogP contribution in [-0.4, -0.2) is 48.0 Å². The van der Waals surface area contributed by atoms with Crippen LogP contribution in [0, 0.1) is 10.1 Å². The number of guanidine groups is 1. The molecule has 0 bridgehead atoms. The Labute approximate surface area is 172 Å². The summed E-state index contributed by atoms with van der Waals surface area (Å²) in [5.74, 6) is 0.526. The maximum absolute atomic E-state index is 10.6. The van der Waals surface area contributed by atoms with Crippen molar-refractivity contribution >= 4 is 35.6 Å². The Bertz CT molecular complexity index is 579. The predicted octanol–water partition coefficient (Wildman–Crippen LogP) is 2.92. The summed E-state index contributed by atoms with van der Waals surface area (Å²) < 4.78 is 0. The van der Waals surface area contributed by atoms with Crippen LogP contribution in [-0.2, 0) is 6.42 Å². The lowest BCUT2D eigenvalue weighted by molar-refractivity contribution is -0.384. The van der Waals surface area contributed by atoms with Crippen LogP contribution in [0.2, 0.25) is 0 Å². The molecule has 1 heterocycles. The minimum atomic E-state index is -0.374. The summed E-state index contributed by atoms with van der Waals surface area (Å²) in [6.45, 7) is 6.01. The molecule has 1 aliphatic rings. The first kappa shape index (κ1) is 22.6. The summed E-state index contributed by atoms with van der Waals surface area (Å²) in [6.07, 6.45) is 5.36. The molecule has 1 aliphatic heterocycles. The highest BCUT2D eigenvalue weighted by atomic mass is 127. The zero-order valence-electron chi connectivity index (χ0n) is 15.4. The van der Waals surface area contributed by atoms with Crippen LogP contribution in [0.15, 0.2) is 29.3 Å². The van der Waals surface area contributed by atoms with Gasteiger partial charge in [0.2, 0.25) is 0 Å². The minimum Gasteiger partial charge on any atom is -0.370 e. The molecule has 3 N–H and O–H groups in total. The summed E-state index contributed by atoms with van der Waals surface area (Å²) in [4.78, 5) is 17.2. The number of likely N-dealkylation sites (N-methyl/N-ethyl adjacent to an activating group) is 1. The second kappa shape index (κ2) is 12.1. The van der Waals surface area contributed by atoms with Gasteiger partial charge in [0, 0.05) is 24.7 Å². The van der Waals surface area contributed by atoms with Crippen molar-refractivity contribution in [2.24, 2.45) is 10.7 Å². The van der Waals surface area contributed by atoms with Gasteiger partial charge in [-0.25, -0.2) is 0 Å². The normalized spacial score (nSPS) is 17.7. The second-order valence-electron chi connectivity index (χ2n) is 6.46. The van der Waals surface area contributed by atoms with Gasteiger partial charge in [-0.1, -0.05) is 19.1 Å². The van der Waals surface area contributed by atoms with E-state index >= 15 is 0 Å².